The molecule has 4 aromatic rings. The molecule has 0 aromatic heterocycles. The van der Waals surface area contributed by atoms with Gasteiger partial charge in [0.05, 0.1) is 0 Å². The average Bonchev–Trinajstić information content (AvgIpc) is 2.75. The number of halogens is 3. The third kappa shape index (κ3) is 4.36. The summed E-state index contributed by atoms with van der Waals surface area (Å²) in [4.78, 5) is 1.04. The molecular formula is C24H17Br2FSSn. The van der Waals surface area contributed by atoms with Crippen LogP contribution in [0.4, 0.5) is 4.39 Å². The predicted octanol–water partition coefficient (Wildman–Crippen LogP) is 6.11. The maximum absolute atomic E-state index is 14.0. The van der Waals surface area contributed by atoms with Crippen molar-refractivity contribution in [2.75, 3.05) is 0 Å². The van der Waals surface area contributed by atoms with E-state index < -0.39 is 17.0 Å². The predicted molar refractivity (Wildman–Crippen MR) is 132 cm³/mol. The van der Waals surface area contributed by atoms with Gasteiger partial charge in [0.2, 0.25) is 0 Å². The van der Waals surface area contributed by atoms with Crippen molar-refractivity contribution >= 4 is 68.5 Å². The topological polar surface area (TPSA) is 0 Å². The summed E-state index contributed by atoms with van der Waals surface area (Å²) >= 11 is 3.69. The van der Waals surface area contributed by atoms with Gasteiger partial charge in [-0.2, -0.15) is 0 Å². The quantitative estimate of drug-likeness (QED) is 0.239. The molecule has 144 valence electrons. The van der Waals surface area contributed by atoms with Crippen LogP contribution in [0.2, 0.25) is 0 Å². The van der Waals surface area contributed by atoms with Gasteiger partial charge in [-0.1, -0.05) is 0 Å². The van der Waals surface area contributed by atoms with E-state index in [-0.39, 0.29) is 5.82 Å². The summed E-state index contributed by atoms with van der Waals surface area (Å²) in [6.07, 6.45) is 0. The molecule has 0 aliphatic heterocycles. The van der Waals surface area contributed by atoms with E-state index in [4.69, 9.17) is 0 Å². The average molecular weight is 635 g/mol. The minimum absolute atomic E-state index is 0.256. The summed E-state index contributed by atoms with van der Waals surface area (Å²) in [6, 6.07) is 35.4. The second kappa shape index (κ2) is 9.38. The number of hydrogen-bond acceptors (Lipinski definition) is 1. The van der Waals surface area contributed by atoms with Gasteiger partial charge in [0.1, 0.15) is 0 Å². The first-order valence-electron chi connectivity index (χ1n) is 9.11. The molecule has 0 nitrogen and oxygen atoms in total. The fraction of sp³-hybridized carbons (Fsp3) is 0. The molecule has 0 aliphatic rings. The molecule has 0 aliphatic carbocycles. The molecule has 5 heteroatoms. The summed E-state index contributed by atoms with van der Waals surface area (Å²) in [5.41, 5.74) is 0. The second-order valence-corrected chi connectivity index (χ2v) is 23.6. The van der Waals surface area contributed by atoms with Crippen molar-refractivity contribution in [2.45, 2.75) is 4.90 Å². The molecule has 0 saturated carbocycles. The summed E-state index contributed by atoms with van der Waals surface area (Å²) in [5.74, 6) is -0.256. The summed E-state index contributed by atoms with van der Waals surface area (Å²) in [6.45, 7) is 0. The van der Waals surface area contributed by atoms with Crippen molar-refractivity contribution in [3.05, 3.63) is 118 Å². The van der Waals surface area contributed by atoms with Crippen LogP contribution in [0.15, 0.2) is 117 Å². The molecule has 0 atom stereocenters. The molecule has 0 N–H and O–H groups in total. The Morgan fingerprint density at radius 3 is 1.28 bits per heavy atom. The van der Waals surface area contributed by atoms with Gasteiger partial charge < -0.3 is 0 Å². The molecule has 0 unspecified atom stereocenters. The Kier molecular flexibility index (Phi) is 6.84. The van der Waals surface area contributed by atoms with Gasteiger partial charge in [-0.05, 0) is 0 Å². The molecule has 4 rings (SSSR count). The van der Waals surface area contributed by atoms with Gasteiger partial charge in [-0.25, -0.2) is 0 Å². The van der Waals surface area contributed by atoms with Gasteiger partial charge in [-0.15, -0.1) is 0 Å². The van der Waals surface area contributed by atoms with E-state index in [0.29, 0.717) is 0 Å². The van der Waals surface area contributed by atoms with Crippen molar-refractivity contribution < 1.29 is 4.39 Å². The zero-order chi connectivity index (χ0) is 20.3. The van der Waals surface area contributed by atoms with Crippen LogP contribution in [0.3, 0.4) is 0 Å². The molecule has 0 radical (unpaired) electrons. The first-order valence-corrected chi connectivity index (χ1v) is 19.3. The van der Waals surface area contributed by atoms with E-state index in [2.05, 4.69) is 123 Å². The summed E-state index contributed by atoms with van der Waals surface area (Å²) < 4.78 is 19.6. The Hall–Kier alpha value is -1.08. The SMILES string of the molecule is Fc1cc(Br)c([S][Sn]([c]2ccccc2)([c]2ccccc2)[c]2ccccc2)c(Br)c1. The molecule has 0 bridgehead atoms. The Labute approximate surface area is 194 Å². The van der Waals surface area contributed by atoms with E-state index in [1.165, 1.54) is 10.7 Å². The van der Waals surface area contributed by atoms with Crippen molar-refractivity contribution in [1.29, 1.82) is 0 Å². The monoisotopic (exact) mass is 634 g/mol. The van der Waals surface area contributed by atoms with Crippen molar-refractivity contribution in [3.63, 3.8) is 0 Å². The Morgan fingerprint density at radius 2 is 0.931 bits per heavy atom. The first kappa shape index (κ1) is 21.2. The van der Waals surface area contributed by atoms with Crippen LogP contribution in [-0.4, -0.2) is 17.0 Å². The molecule has 4 aromatic carbocycles. The van der Waals surface area contributed by atoms with Gasteiger partial charge in [0, 0.05) is 0 Å². The van der Waals surface area contributed by atoms with E-state index in [0.717, 1.165) is 13.8 Å². The van der Waals surface area contributed by atoms with Crippen molar-refractivity contribution in [1.82, 2.24) is 0 Å². The van der Waals surface area contributed by atoms with Gasteiger partial charge in [0.25, 0.3) is 0 Å². The van der Waals surface area contributed by atoms with E-state index in [1.807, 2.05) is 8.95 Å². The van der Waals surface area contributed by atoms with Gasteiger partial charge in [0.15, 0.2) is 0 Å². The summed E-state index contributed by atoms with van der Waals surface area (Å²) in [5, 5.41) is 0. The van der Waals surface area contributed by atoms with Crippen LogP contribution < -0.4 is 10.7 Å². The molecule has 0 fully saturated rings. The second-order valence-electron chi connectivity index (χ2n) is 6.58. The summed E-state index contributed by atoms with van der Waals surface area (Å²) in [7, 11) is 1.91. The van der Waals surface area contributed by atoms with Crippen LogP contribution in [0, 0.1) is 5.82 Å². The Morgan fingerprint density at radius 1 is 0.586 bits per heavy atom. The third-order valence-electron chi connectivity index (χ3n) is 4.76. The number of benzene rings is 4. The van der Waals surface area contributed by atoms with Crippen LogP contribution >= 0.6 is 40.8 Å². The number of hydrogen-bond donors (Lipinski definition) is 0. The molecule has 29 heavy (non-hydrogen) atoms. The minimum atomic E-state index is -3.54. The van der Waals surface area contributed by atoms with Crippen LogP contribution in [0.5, 0.6) is 0 Å². The number of rotatable bonds is 5. The van der Waals surface area contributed by atoms with Crippen molar-refractivity contribution in [2.24, 2.45) is 0 Å². The Bertz CT molecular complexity index is 986. The van der Waals surface area contributed by atoms with Gasteiger partial charge in [-0.3, -0.25) is 0 Å². The van der Waals surface area contributed by atoms with Gasteiger partial charge >= 0.3 is 196 Å². The maximum atomic E-state index is 14.0. The van der Waals surface area contributed by atoms with E-state index >= 15 is 0 Å². The first-order chi connectivity index (χ1) is 14.1. The molecule has 0 heterocycles. The zero-order valence-corrected chi connectivity index (χ0v) is 22.2. The van der Waals surface area contributed by atoms with E-state index in [9.17, 15) is 4.39 Å². The van der Waals surface area contributed by atoms with Crippen LogP contribution in [-0.2, 0) is 0 Å². The standard InChI is InChI=1S/C6H3Br2FS.3C6H5.Sn/c7-4-1-3(9)2-5(8)6(4)10;3*1-2-4-6-5-3-1;/h1-2,10H;3*1-5H;/q;;;;+1/p-1. The Balaban J connectivity index is 2.04. The van der Waals surface area contributed by atoms with Crippen LogP contribution in [0.1, 0.15) is 0 Å². The van der Waals surface area contributed by atoms with Crippen molar-refractivity contribution in [3.8, 4) is 0 Å². The normalized spacial score (nSPS) is 11.4. The van der Waals surface area contributed by atoms with Crippen LogP contribution in [0.25, 0.3) is 0 Å². The third-order valence-corrected chi connectivity index (χ3v) is 26.4. The molecule has 0 spiro atoms. The van der Waals surface area contributed by atoms with E-state index in [1.54, 1.807) is 12.1 Å². The molecular weight excluding hydrogens is 618 g/mol. The fourth-order valence-electron chi connectivity index (χ4n) is 3.47. The molecule has 0 amide bonds. The fourth-order valence-corrected chi connectivity index (χ4v) is 27.4. The molecule has 0 saturated heterocycles. The zero-order valence-electron chi connectivity index (χ0n) is 15.4.